The van der Waals surface area contributed by atoms with Gasteiger partial charge in [0.2, 0.25) is 17.6 Å². The van der Waals surface area contributed by atoms with Gasteiger partial charge in [-0.15, -0.1) is 0 Å². The number of aromatic nitrogens is 2. The molecule has 1 atom stereocenters. The van der Waals surface area contributed by atoms with Crippen LogP contribution in [0.1, 0.15) is 31.6 Å². The zero-order chi connectivity index (χ0) is 21.6. The van der Waals surface area contributed by atoms with E-state index >= 15 is 0 Å². The number of nitrogens with zero attached hydrogens (tertiary/aromatic N) is 3. The highest BCUT2D eigenvalue weighted by Crippen LogP contribution is 2.28. The highest BCUT2D eigenvalue weighted by atomic mass is 19.1. The van der Waals surface area contributed by atoms with E-state index in [-0.39, 0.29) is 24.2 Å². The van der Waals surface area contributed by atoms with Gasteiger partial charge in [0.15, 0.2) is 0 Å². The van der Waals surface area contributed by atoms with E-state index in [0.717, 1.165) is 19.4 Å². The molecule has 8 heteroatoms. The van der Waals surface area contributed by atoms with Crippen molar-refractivity contribution in [3.8, 4) is 17.1 Å². The number of hydrogen-bond acceptors (Lipinski definition) is 6. The van der Waals surface area contributed by atoms with Gasteiger partial charge in [-0.2, -0.15) is 4.98 Å². The first-order valence-electron chi connectivity index (χ1n) is 10.5. The number of para-hydroxylation sites is 2. The van der Waals surface area contributed by atoms with Crippen LogP contribution in [0.3, 0.4) is 0 Å². The summed E-state index contributed by atoms with van der Waals surface area (Å²) in [5.74, 6) is 1.14. The number of ether oxygens (including phenoxy) is 1. The van der Waals surface area contributed by atoms with Crippen molar-refractivity contribution in [3.63, 3.8) is 0 Å². The second-order valence-corrected chi connectivity index (χ2v) is 7.52. The number of rotatable bonds is 7. The lowest BCUT2D eigenvalue weighted by molar-refractivity contribution is -0.117. The van der Waals surface area contributed by atoms with Gasteiger partial charge < -0.3 is 14.6 Å². The predicted octanol–water partition coefficient (Wildman–Crippen LogP) is 4.09. The van der Waals surface area contributed by atoms with Crippen molar-refractivity contribution in [3.05, 3.63) is 60.2 Å². The van der Waals surface area contributed by atoms with Gasteiger partial charge in [0.1, 0.15) is 11.6 Å². The summed E-state index contributed by atoms with van der Waals surface area (Å²) in [6, 6.07) is 13.5. The molecule has 0 bridgehead atoms. The third-order valence-electron chi connectivity index (χ3n) is 5.21. The van der Waals surface area contributed by atoms with Crippen LogP contribution in [-0.4, -0.2) is 47.2 Å². The highest BCUT2D eigenvalue weighted by Gasteiger charge is 2.27. The third kappa shape index (κ3) is 5.27. The summed E-state index contributed by atoms with van der Waals surface area (Å²) in [6.45, 7) is 4.17. The summed E-state index contributed by atoms with van der Waals surface area (Å²) in [5, 5.41) is 6.94. The maximum atomic E-state index is 13.5. The van der Waals surface area contributed by atoms with Crippen LogP contribution < -0.4 is 10.1 Å². The molecule has 0 radical (unpaired) electrons. The molecule has 0 saturated carbocycles. The standard InChI is InChI=1S/C23H25FN4O3/c1-2-30-20-11-4-3-10-19(20)25-21(29)15-28-12-6-8-17(14-28)23-26-22(27-31-23)16-7-5-9-18(24)13-16/h3-5,7,9-11,13,17H,2,6,8,12,14-15H2,1H3,(H,25,29). The van der Waals surface area contributed by atoms with Crippen LogP contribution in [0, 0.1) is 5.82 Å². The summed E-state index contributed by atoms with van der Waals surface area (Å²) in [4.78, 5) is 19.2. The SMILES string of the molecule is CCOc1ccccc1NC(=O)CN1CCCC(c2nc(-c3cccc(F)c3)no2)C1. The maximum Gasteiger partial charge on any atom is 0.238 e. The molecule has 1 amide bonds. The molecule has 3 aromatic rings. The molecule has 1 aliphatic heterocycles. The molecule has 1 N–H and O–H groups in total. The number of amides is 1. The zero-order valence-corrected chi connectivity index (χ0v) is 17.4. The molecule has 162 valence electrons. The lowest BCUT2D eigenvalue weighted by Gasteiger charge is -2.30. The summed E-state index contributed by atoms with van der Waals surface area (Å²) in [7, 11) is 0. The van der Waals surface area contributed by atoms with Crippen molar-refractivity contribution in [2.45, 2.75) is 25.7 Å². The number of nitrogens with one attached hydrogen (secondary N) is 1. The Bertz CT molecular complexity index is 1040. The molecule has 2 aromatic carbocycles. The molecule has 1 aromatic heterocycles. The Kier molecular flexibility index (Phi) is 6.57. The number of benzene rings is 2. The summed E-state index contributed by atoms with van der Waals surface area (Å²) in [6.07, 6.45) is 1.82. The lowest BCUT2D eigenvalue weighted by Crippen LogP contribution is -2.39. The van der Waals surface area contributed by atoms with Crippen LogP contribution in [-0.2, 0) is 4.79 Å². The number of piperidine rings is 1. The van der Waals surface area contributed by atoms with E-state index in [0.29, 0.717) is 41.9 Å². The summed E-state index contributed by atoms with van der Waals surface area (Å²) < 4.78 is 24.5. The number of likely N-dealkylation sites (tertiary alicyclic amines) is 1. The Morgan fingerprint density at radius 3 is 3.00 bits per heavy atom. The van der Waals surface area contributed by atoms with Gasteiger partial charge in [0.25, 0.3) is 0 Å². The minimum absolute atomic E-state index is 0.0343. The normalized spacial score (nSPS) is 16.8. The number of anilines is 1. The number of hydrogen-bond donors (Lipinski definition) is 1. The van der Waals surface area contributed by atoms with Gasteiger partial charge in [0, 0.05) is 12.1 Å². The molecule has 1 fully saturated rings. The highest BCUT2D eigenvalue weighted by molar-refractivity contribution is 5.93. The molecule has 2 heterocycles. The molecule has 4 rings (SSSR count). The van der Waals surface area contributed by atoms with Crippen LogP contribution in [0.4, 0.5) is 10.1 Å². The van der Waals surface area contributed by atoms with E-state index in [1.807, 2.05) is 31.2 Å². The Hall–Kier alpha value is -3.26. The third-order valence-corrected chi connectivity index (χ3v) is 5.21. The van der Waals surface area contributed by atoms with E-state index in [9.17, 15) is 9.18 Å². The van der Waals surface area contributed by atoms with Crippen LogP contribution in [0.25, 0.3) is 11.4 Å². The number of carbonyl (C=O) groups excluding carboxylic acids is 1. The summed E-state index contributed by atoms with van der Waals surface area (Å²) >= 11 is 0. The van der Waals surface area contributed by atoms with Crippen LogP contribution in [0.15, 0.2) is 53.1 Å². The van der Waals surface area contributed by atoms with Crippen molar-refractivity contribution in [2.75, 3.05) is 31.6 Å². The van der Waals surface area contributed by atoms with Gasteiger partial charge >= 0.3 is 0 Å². The Morgan fingerprint density at radius 1 is 1.29 bits per heavy atom. The average molecular weight is 424 g/mol. The molecule has 1 unspecified atom stereocenters. The van der Waals surface area contributed by atoms with E-state index < -0.39 is 0 Å². The molecule has 1 saturated heterocycles. The quantitative estimate of drug-likeness (QED) is 0.615. The Labute approximate surface area is 180 Å². The molecule has 7 nitrogen and oxygen atoms in total. The van der Waals surface area contributed by atoms with Crippen molar-refractivity contribution >= 4 is 11.6 Å². The van der Waals surface area contributed by atoms with Gasteiger partial charge in [0.05, 0.1) is 24.8 Å². The molecular weight excluding hydrogens is 399 g/mol. The van der Waals surface area contributed by atoms with Crippen molar-refractivity contribution in [1.29, 1.82) is 0 Å². The largest absolute Gasteiger partial charge is 0.492 e. The number of halogens is 1. The van der Waals surface area contributed by atoms with Crippen molar-refractivity contribution in [2.24, 2.45) is 0 Å². The molecule has 31 heavy (non-hydrogen) atoms. The fourth-order valence-corrected chi connectivity index (χ4v) is 3.79. The average Bonchev–Trinajstić information content (AvgIpc) is 3.26. The minimum atomic E-state index is -0.343. The topological polar surface area (TPSA) is 80.5 Å². The van der Waals surface area contributed by atoms with E-state index in [2.05, 4.69) is 20.4 Å². The van der Waals surface area contributed by atoms with Gasteiger partial charge in [-0.1, -0.05) is 29.4 Å². The van der Waals surface area contributed by atoms with E-state index in [1.54, 1.807) is 12.1 Å². The Morgan fingerprint density at radius 2 is 2.16 bits per heavy atom. The van der Waals surface area contributed by atoms with Crippen molar-refractivity contribution in [1.82, 2.24) is 15.0 Å². The second-order valence-electron chi connectivity index (χ2n) is 7.52. The van der Waals surface area contributed by atoms with E-state index in [4.69, 9.17) is 9.26 Å². The maximum absolute atomic E-state index is 13.5. The van der Waals surface area contributed by atoms with Gasteiger partial charge in [-0.25, -0.2) is 4.39 Å². The molecule has 1 aliphatic rings. The second kappa shape index (κ2) is 9.70. The molecule has 0 aliphatic carbocycles. The molecular formula is C23H25FN4O3. The van der Waals surface area contributed by atoms with Crippen LogP contribution in [0.2, 0.25) is 0 Å². The fraction of sp³-hybridized carbons (Fsp3) is 0.348. The first-order chi connectivity index (χ1) is 15.1. The van der Waals surface area contributed by atoms with Gasteiger partial charge in [-0.3, -0.25) is 9.69 Å². The number of carbonyl (C=O) groups is 1. The van der Waals surface area contributed by atoms with E-state index in [1.165, 1.54) is 12.1 Å². The Balaban J connectivity index is 1.37. The predicted molar refractivity (Wildman–Crippen MR) is 114 cm³/mol. The molecule has 0 spiro atoms. The minimum Gasteiger partial charge on any atom is -0.492 e. The fourth-order valence-electron chi connectivity index (χ4n) is 3.79. The summed E-state index contributed by atoms with van der Waals surface area (Å²) in [5.41, 5.74) is 1.24. The zero-order valence-electron chi connectivity index (χ0n) is 17.4. The lowest BCUT2D eigenvalue weighted by atomic mass is 9.98. The van der Waals surface area contributed by atoms with Crippen molar-refractivity contribution < 1.29 is 18.4 Å². The van der Waals surface area contributed by atoms with Crippen LogP contribution >= 0.6 is 0 Å². The van der Waals surface area contributed by atoms with Gasteiger partial charge in [-0.05, 0) is 50.6 Å². The first-order valence-corrected chi connectivity index (χ1v) is 10.5. The van der Waals surface area contributed by atoms with Crippen LogP contribution in [0.5, 0.6) is 5.75 Å². The smallest absolute Gasteiger partial charge is 0.238 e. The monoisotopic (exact) mass is 424 g/mol. The first kappa shape index (κ1) is 21.0.